The molecular weight excluding hydrogens is 677 g/mol. The van der Waals surface area contributed by atoms with E-state index >= 15 is 0 Å². The lowest BCUT2D eigenvalue weighted by Gasteiger charge is -2.26. The van der Waals surface area contributed by atoms with E-state index in [9.17, 15) is 0 Å². The highest BCUT2D eigenvalue weighted by Gasteiger charge is 2.25. The summed E-state index contributed by atoms with van der Waals surface area (Å²) in [5.74, 6) is 1.13. The smallest absolute Gasteiger partial charge is 0.0581 e. The minimum atomic E-state index is 0.290. The Kier molecular flexibility index (Phi) is 10.6. The number of benzene rings is 5. The van der Waals surface area contributed by atoms with Gasteiger partial charge in [0.15, 0.2) is 0 Å². The fourth-order valence-electron chi connectivity index (χ4n) is 8.48. The van der Waals surface area contributed by atoms with Crippen molar-refractivity contribution in [2.45, 2.75) is 39.0 Å². The van der Waals surface area contributed by atoms with Crippen molar-refractivity contribution in [3.8, 4) is 5.69 Å². The predicted molar refractivity (Wildman–Crippen MR) is 243 cm³/mol. The predicted octanol–water partition coefficient (Wildman–Crippen LogP) is 14.5. The molecule has 1 heterocycles. The van der Waals surface area contributed by atoms with Crippen LogP contribution in [0.15, 0.2) is 195 Å². The van der Waals surface area contributed by atoms with Gasteiger partial charge in [-0.05, 0) is 102 Å². The van der Waals surface area contributed by atoms with E-state index in [1.165, 1.54) is 49.6 Å². The molecule has 2 aliphatic rings. The average Bonchev–Trinajstić information content (AvgIpc) is 3.59. The zero-order chi connectivity index (χ0) is 38.6. The standard InChI is InChI=1S/C54H50N2/c1-6-38(3)42-31-33-46(34-32-42)55(36-16-20-41(7-2)44-27-29-45(30-28-44)43-18-9-8-10-19-43)47-21-15-22-48(37-47)56-52-25-14-13-24-50(52)51-35-26-40(5)53(54(51)56)49-23-12-11-17-39(49)4/h6-18,20-35,37,39,43,49H,1,3,19,36H2,2,4-5H3. The largest absolute Gasteiger partial charge is 0.338 e. The van der Waals surface area contributed by atoms with E-state index < -0.39 is 0 Å². The number of aromatic nitrogens is 1. The van der Waals surface area contributed by atoms with Gasteiger partial charge in [0.25, 0.3) is 0 Å². The first kappa shape index (κ1) is 36.6. The molecule has 56 heavy (non-hydrogen) atoms. The van der Waals surface area contributed by atoms with Crippen molar-refractivity contribution in [1.29, 1.82) is 0 Å². The fourth-order valence-corrected chi connectivity index (χ4v) is 8.48. The SMILES string of the molecule is C=CC(=C)c1ccc(N(CC=CC(=CC)c2ccc(C3C=CC=CC3)cc2)c2cccc(-n3c4ccccc4c4ccc(C)c(C5C=CC=CC5C)c43)c2)cc1. The molecule has 3 unspecified atom stereocenters. The molecule has 0 N–H and O–H groups in total. The molecule has 2 heteroatoms. The second-order valence-electron chi connectivity index (χ2n) is 15.0. The van der Waals surface area contributed by atoms with Crippen LogP contribution in [0.1, 0.15) is 59.9 Å². The lowest BCUT2D eigenvalue weighted by atomic mass is 9.81. The summed E-state index contributed by atoms with van der Waals surface area (Å²) >= 11 is 0. The zero-order valence-electron chi connectivity index (χ0n) is 32.8. The van der Waals surface area contributed by atoms with Crippen LogP contribution in [-0.2, 0) is 0 Å². The van der Waals surface area contributed by atoms with Gasteiger partial charge >= 0.3 is 0 Å². The van der Waals surface area contributed by atoms with E-state index in [1.54, 1.807) is 0 Å². The minimum Gasteiger partial charge on any atom is -0.338 e. The monoisotopic (exact) mass is 726 g/mol. The maximum Gasteiger partial charge on any atom is 0.0581 e. The van der Waals surface area contributed by atoms with Crippen LogP contribution < -0.4 is 4.90 Å². The molecule has 1 aromatic heterocycles. The molecule has 0 amide bonds. The average molecular weight is 727 g/mol. The summed E-state index contributed by atoms with van der Waals surface area (Å²) in [7, 11) is 0. The maximum atomic E-state index is 4.19. The second-order valence-corrected chi connectivity index (χ2v) is 15.0. The Morgan fingerprint density at radius 1 is 0.786 bits per heavy atom. The quantitative estimate of drug-likeness (QED) is 0.121. The van der Waals surface area contributed by atoms with Crippen molar-refractivity contribution < 1.29 is 0 Å². The number of rotatable bonds is 11. The van der Waals surface area contributed by atoms with Crippen molar-refractivity contribution in [3.63, 3.8) is 0 Å². The van der Waals surface area contributed by atoms with Crippen molar-refractivity contribution in [3.05, 3.63) is 223 Å². The van der Waals surface area contributed by atoms with Crippen LogP contribution in [0.5, 0.6) is 0 Å². The highest BCUT2D eigenvalue weighted by Crippen LogP contribution is 2.42. The van der Waals surface area contributed by atoms with Crippen LogP contribution in [0.4, 0.5) is 11.4 Å². The highest BCUT2D eigenvalue weighted by molar-refractivity contribution is 6.11. The number of hydrogen-bond acceptors (Lipinski definition) is 1. The molecule has 0 saturated heterocycles. The third-order valence-electron chi connectivity index (χ3n) is 11.6. The van der Waals surface area contributed by atoms with Gasteiger partial charge in [0.1, 0.15) is 0 Å². The van der Waals surface area contributed by atoms with Crippen LogP contribution in [-0.4, -0.2) is 11.1 Å². The van der Waals surface area contributed by atoms with Gasteiger partial charge in [0.2, 0.25) is 0 Å². The van der Waals surface area contributed by atoms with E-state index in [1.807, 2.05) is 6.08 Å². The number of nitrogens with zero attached hydrogens (tertiary/aromatic N) is 2. The third-order valence-corrected chi connectivity index (χ3v) is 11.6. The van der Waals surface area contributed by atoms with Crippen LogP contribution >= 0.6 is 0 Å². The molecule has 3 atom stereocenters. The summed E-state index contributed by atoms with van der Waals surface area (Å²) in [6, 6.07) is 40.3. The first-order valence-electron chi connectivity index (χ1n) is 19.9. The summed E-state index contributed by atoms with van der Waals surface area (Å²) in [6.45, 7) is 15.5. The van der Waals surface area contributed by atoms with E-state index in [4.69, 9.17) is 0 Å². The topological polar surface area (TPSA) is 8.17 Å². The van der Waals surface area contributed by atoms with E-state index in [2.05, 4.69) is 219 Å². The molecule has 5 aromatic carbocycles. The summed E-state index contributed by atoms with van der Waals surface area (Å²) in [5.41, 5.74) is 14.4. The van der Waals surface area contributed by atoms with Crippen molar-refractivity contribution in [2.24, 2.45) is 5.92 Å². The third kappa shape index (κ3) is 7.11. The molecule has 0 saturated carbocycles. The Bertz CT molecular complexity index is 2600. The van der Waals surface area contributed by atoms with Gasteiger partial charge in [0.05, 0.1) is 11.0 Å². The molecule has 8 rings (SSSR count). The number of anilines is 2. The minimum absolute atomic E-state index is 0.290. The van der Waals surface area contributed by atoms with E-state index in [-0.39, 0.29) is 0 Å². The summed E-state index contributed by atoms with van der Waals surface area (Å²) in [4.78, 5) is 2.40. The van der Waals surface area contributed by atoms with Gasteiger partial charge in [-0.1, -0.05) is 166 Å². The van der Waals surface area contributed by atoms with Crippen molar-refractivity contribution >= 4 is 44.3 Å². The van der Waals surface area contributed by atoms with E-state index in [0.717, 1.165) is 34.6 Å². The molecule has 6 aromatic rings. The molecule has 2 aliphatic carbocycles. The number of allylic oxidation sites excluding steroid dienone is 13. The zero-order valence-corrected chi connectivity index (χ0v) is 32.8. The molecule has 2 nitrogen and oxygen atoms in total. The molecule has 0 radical (unpaired) electrons. The number of fused-ring (bicyclic) bond motifs is 3. The summed E-state index contributed by atoms with van der Waals surface area (Å²) in [6.07, 6.45) is 27.5. The molecule has 0 aliphatic heterocycles. The molecule has 0 spiro atoms. The number of aryl methyl sites for hydroxylation is 1. The Morgan fingerprint density at radius 2 is 1.55 bits per heavy atom. The Labute approximate surface area is 332 Å². The normalized spacial score (nSPS) is 18.0. The molecule has 0 bridgehead atoms. The van der Waals surface area contributed by atoms with Gasteiger partial charge in [-0.2, -0.15) is 0 Å². The first-order valence-corrected chi connectivity index (χ1v) is 19.9. The van der Waals surface area contributed by atoms with Gasteiger partial charge < -0.3 is 9.47 Å². The number of hydrogen-bond donors (Lipinski definition) is 0. The van der Waals surface area contributed by atoms with Crippen molar-refractivity contribution in [1.82, 2.24) is 4.57 Å². The Morgan fingerprint density at radius 3 is 2.30 bits per heavy atom. The van der Waals surface area contributed by atoms with Crippen LogP contribution in [0.2, 0.25) is 0 Å². The Hall–Kier alpha value is -6.38. The summed E-state index contributed by atoms with van der Waals surface area (Å²) in [5, 5.41) is 2.56. The van der Waals surface area contributed by atoms with E-state index in [0.29, 0.717) is 24.3 Å². The van der Waals surface area contributed by atoms with Gasteiger partial charge in [-0.25, -0.2) is 0 Å². The first-order chi connectivity index (χ1) is 27.4. The highest BCUT2D eigenvalue weighted by atomic mass is 15.1. The lowest BCUT2D eigenvalue weighted by molar-refractivity contribution is 0.635. The Balaban J connectivity index is 1.20. The van der Waals surface area contributed by atoms with Gasteiger partial charge in [-0.15, -0.1) is 0 Å². The number of para-hydroxylation sites is 1. The van der Waals surface area contributed by atoms with Crippen molar-refractivity contribution in [2.75, 3.05) is 11.4 Å². The van der Waals surface area contributed by atoms with Gasteiger partial charge in [0, 0.05) is 46.2 Å². The molecular formula is C54H50N2. The van der Waals surface area contributed by atoms with Gasteiger partial charge in [-0.3, -0.25) is 0 Å². The lowest BCUT2D eigenvalue weighted by Crippen LogP contribution is -2.17. The fraction of sp³-hybridized carbons (Fsp3) is 0.148. The van der Waals surface area contributed by atoms with Crippen LogP contribution in [0.25, 0.3) is 38.6 Å². The summed E-state index contributed by atoms with van der Waals surface area (Å²) < 4.78 is 2.50. The molecule has 276 valence electrons. The second kappa shape index (κ2) is 16.2. The van der Waals surface area contributed by atoms with Crippen LogP contribution in [0.3, 0.4) is 0 Å². The molecule has 0 fully saturated rings. The van der Waals surface area contributed by atoms with Crippen LogP contribution in [0, 0.1) is 12.8 Å². The maximum absolute atomic E-state index is 4.19.